The van der Waals surface area contributed by atoms with E-state index in [1.165, 1.54) is 0 Å². The van der Waals surface area contributed by atoms with Gasteiger partial charge in [-0.1, -0.05) is 50.9 Å². The molecule has 0 amide bonds. The van der Waals surface area contributed by atoms with Crippen molar-refractivity contribution in [1.82, 2.24) is 9.97 Å². The highest BCUT2D eigenvalue weighted by molar-refractivity contribution is 6.40. The Hall–Kier alpha value is -0.730. The molecular weight excluding hydrogens is 279 g/mol. The molecule has 1 heterocycles. The molecule has 0 unspecified atom stereocenters. The van der Waals surface area contributed by atoms with Gasteiger partial charge < -0.3 is 4.98 Å². The second kappa shape index (κ2) is 5.72. The lowest BCUT2D eigenvalue weighted by atomic mass is 9.95. The Kier molecular flexibility index (Phi) is 4.42. The molecule has 1 aromatic heterocycles. The van der Waals surface area contributed by atoms with E-state index in [1.807, 2.05) is 0 Å². The number of rotatable bonds is 4. The maximum absolute atomic E-state index is 6.60. The molecule has 0 fully saturated rings. The number of imidazole rings is 1. The van der Waals surface area contributed by atoms with Crippen LogP contribution in [0.3, 0.4) is 0 Å². The summed E-state index contributed by atoms with van der Waals surface area (Å²) in [6, 6.07) is 0. The van der Waals surface area contributed by atoms with E-state index in [2.05, 4.69) is 37.7 Å². The van der Waals surface area contributed by atoms with Gasteiger partial charge in [-0.2, -0.15) is 0 Å². The zero-order valence-corrected chi connectivity index (χ0v) is 13.4. The molecule has 2 nitrogen and oxygen atoms in total. The van der Waals surface area contributed by atoms with Crippen molar-refractivity contribution in [3.8, 4) is 0 Å². The average Bonchev–Trinajstić information content (AvgIpc) is 2.78. The molecule has 0 saturated heterocycles. The molecule has 2 aromatic rings. The van der Waals surface area contributed by atoms with Crippen molar-refractivity contribution < 1.29 is 0 Å². The van der Waals surface area contributed by atoms with Crippen LogP contribution in [0.5, 0.6) is 0 Å². The zero-order valence-electron chi connectivity index (χ0n) is 11.8. The van der Waals surface area contributed by atoms with Gasteiger partial charge in [0.05, 0.1) is 27.4 Å². The van der Waals surface area contributed by atoms with Gasteiger partial charge in [-0.15, -0.1) is 0 Å². The van der Waals surface area contributed by atoms with Crippen LogP contribution in [-0.2, 0) is 12.8 Å². The van der Waals surface area contributed by atoms with Crippen LogP contribution in [-0.4, -0.2) is 9.97 Å². The fourth-order valence-electron chi connectivity index (χ4n) is 2.41. The number of benzene rings is 1. The maximum Gasteiger partial charge on any atom is 0.0945 e. The molecule has 1 aromatic carbocycles. The van der Waals surface area contributed by atoms with E-state index in [0.29, 0.717) is 11.8 Å². The molecule has 0 aliphatic heterocycles. The van der Waals surface area contributed by atoms with E-state index in [0.717, 1.165) is 45.0 Å². The number of halogens is 2. The van der Waals surface area contributed by atoms with Crippen LogP contribution in [0.1, 0.15) is 38.8 Å². The van der Waals surface area contributed by atoms with Crippen molar-refractivity contribution in [3.05, 3.63) is 27.5 Å². The monoisotopic (exact) mass is 298 g/mol. The van der Waals surface area contributed by atoms with Gasteiger partial charge in [0, 0.05) is 0 Å². The summed E-state index contributed by atoms with van der Waals surface area (Å²) >= 11 is 13.1. The molecule has 0 aliphatic rings. The summed E-state index contributed by atoms with van der Waals surface area (Å²) in [4.78, 5) is 7.53. The van der Waals surface area contributed by atoms with Crippen LogP contribution < -0.4 is 0 Å². The number of H-pyrrole nitrogens is 1. The predicted octanol–water partition coefficient (Wildman–Crippen LogP) is 5.27. The molecule has 0 atom stereocenters. The predicted molar refractivity (Wildman–Crippen MR) is 83.2 cm³/mol. The summed E-state index contributed by atoms with van der Waals surface area (Å²) in [5.41, 5.74) is 3.99. The molecule has 0 saturated carbocycles. The third-order valence-corrected chi connectivity index (χ3v) is 4.04. The zero-order chi connectivity index (χ0) is 14.2. The van der Waals surface area contributed by atoms with Gasteiger partial charge in [-0.05, 0) is 35.8 Å². The Morgan fingerprint density at radius 3 is 2.16 bits per heavy atom. The first kappa shape index (κ1) is 14.7. The molecule has 104 valence electrons. The number of hydrogen-bond donors (Lipinski definition) is 1. The molecule has 19 heavy (non-hydrogen) atoms. The maximum atomic E-state index is 6.60. The lowest BCUT2D eigenvalue weighted by Crippen LogP contribution is -2.03. The van der Waals surface area contributed by atoms with Crippen molar-refractivity contribution in [2.45, 2.75) is 40.5 Å². The van der Waals surface area contributed by atoms with Gasteiger partial charge in [0.1, 0.15) is 0 Å². The number of aromatic amines is 1. The molecule has 0 aliphatic carbocycles. The number of aromatic nitrogens is 2. The normalized spacial score (nSPS) is 12.0. The third-order valence-electron chi connectivity index (χ3n) is 3.16. The molecule has 0 spiro atoms. The third kappa shape index (κ3) is 2.90. The lowest BCUT2D eigenvalue weighted by molar-refractivity contribution is 0.638. The first-order valence-electron chi connectivity index (χ1n) is 6.73. The molecular formula is C15H20Cl2N2. The standard InChI is InChI=1S/C15H20Cl2N2/c1-8(2)5-10-12(16)11(6-9(3)4)14-15(13(10)17)19-7-18-14/h7-9H,5-6H2,1-4H3,(H,18,19). The minimum Gasteiger partial charge on any atom is -0.343 e. The van der Waals surface area contributed by atoms with Gasteiger partial charge in [0.2, 0.25) is 0 Å². The number of nitrogens with zero attached hydrogens (tertiary/aromatic N) is 1. The molecule has 4 heteroatoms. The van der Waals surface area contributed by atoms with E-state index in [9.17, 15) is 0 Å². The van der Waals surface area contributed by atoms with Crippen LogP contribution in [0.4, 0.5) is 0 Å². The SMILES string of the molecule is CC(C)Cc1c(Cl)c(CC(C)C)c2nc[nH]c2c1Cl. The van der Waals surface area contributed by atoms with Crippen LogP contribution in [0.15, 0.2) is 6.33 Å². The van der Waals surface area contributed by atoms with Gasteiger partial charge in [-0.25, -0.2) is 4.98 Å². The Morgan fingerprint density at radius 1 is 1.00 bits per heavy atom. The van der Waals surface area contributed by atoms with E-state index in [4.69, 9.17) is 23.2 Å². The molecule has 0 radical (unpaired) electrons. The first-order chi connectivity index (χ1) is 8.91. The summed E-state index contributed by atoms with van der Waals surface area (Å²) in [5, 5.41) is 1.52. The Morgan fingerprint density at radius 2 is 1.58 bits per heavy atom. The second-order valence-electron chi connectivity index (χ2n) is 5.91. The van der Waals surface area contributed by atoms with E-state index in [1.54, 1.807) is 6.33 Å². The lowest BCUT2D eigenvalue weighted by Gasteiger charge is -2.16. The molecule has 1 N–H and O–H groups in total. The number of nitrogens with one attached hydrogen (secondary N) is 1. The Bertz CT molecular complexity index is 585. The summed E-state index contributed by atoms with van der Waals surface area (Å²) in [6.45, 7) is 8.72. The summed E-state index contributed by atoms with van der Waals surface area (Å²) in [7, 11) is 0. The second-order valence-corrected chi connectivity index (χ2v) is 6.66. The van der Waals surface area contributed by atoms with E-state index < -0.39 is 0 Å². The molecule has 0 bridgehead atoms. The minimum absolute atomic E-state index is 0.516. The first-order valence-corrected chi connectivity index (χ1v) is 7.49. The van der Waals surface area contributed by atoms with Gasteiger partial charge in [0.15, 0.2) is 0 Å². The smallest absolute Gasteiger partial charge is 0.0945 e. The highest BCUT2D eigenvalue weighted by atomic mass is 35.5. The van der Waals surface area contributed by atoms with E-state index >= 15 is 0 Å². The minimum atomic E-state index is 0.516. The van der Waals surface area contributed by atoms with Gasteiger partial charge in [0.25, 0.3) is 0 Å². The van der Waals surface area contributed by atoms with Crippen LogP contribution >= 0.6 is 23.2 Å². The number of hydrogen-bond acceptors (Lipinski definition) is 1. The van der Waals surface area contributed by atoms with Crippen molar-refractivity contribution in [1.29, 1.82) is 0 Å². The van der Waals surface area contributed by atoms with Crippen molar-refractivity contribution in [2.24, 2.45) is 11.8 Å². The van der Waals surface area contributed by atoms with Gasteiger partial charge >= 0.3 is 0 Å². The van der Waals surface area contributed by atoms with Crippen LogP contribution in [0.2, 0.25) is 10.0 Å². The fourth-order valence-corrected chi connectivity index (χ4v) is 3.11. The van der Waals surface area contributed by atoms with Crippen molar-refractivity contribution >= 4 is 34.2 Å². The quantitative estimate of drug-likeness (QED) is 0.819. The fraction of sp³-hybridized carbons (Fsp3) is 0.533. The summed E-state index contributed by atoms with van der Waals surface area (Å²) in [6.07, 6.45) is 3.50. The molecule has 2 rings (SSSR count). The van der Waals surface area contributed by atoms with Crippen molar-refractivity contribution in [3.63, 3.8) is 0 Å². The van der Waals surface area contributed by atoms with Crippen LogP contribution in [0.25, 0.3) is 11.0 Å². The topological polar surface area (TPSA) is 28.7 Å². The number of fused-ring (bicyclic) bond motifs is 1. The highest BCUT2D eigenvalue weighted by Gasteiger charge is 2.20. The summed E-state index contributed by atoms with van der Waals surface area (Å²) in [5.74, 6) is 1.05. The Labute approximate surface area is 124 Å². The largest absolute Gasteiger partial charge is 0.343 e. The average molecular weight is 299 g/mol. The van der Waals surface area contributed by atoms with Gasteiger partial charge in [-0.3, -0.25) is 0 Å². The van der Waals surface area contributed by atoms with E-state index in [-0.39, 0.29) is 0 Å². The summed E-state index contributed by atoms with van der Waals surface area (Å²) < 4.78 is 0. The Balaban J connectivity index is 2.67. The van der Waals surface area contributed by atoms with Crippen molar-refractivity contribution in [2.75, 3.05) is 0 Å². The van der Waals surface area contributed by atoms with Crippen LogP contribution in [0, 0.1) is 11.8 Å². The highest BCUT2D eigenvalue weighted by Crippen LogP contribution is 2.37.